The summed E-state index contributed by atoms with van der Waals surface area (Å²) in [5, 5.41) is 112. The van der Waals surface area contributed by atoms with E-state index < -0.39 is 123 Å². The molecule has 5 aliphatic rings. The fourth-order valence-corrected chi connectivity index (χ4v) is 8.52. The van der Waals surface area contributed by atoms with Crippen LogP contribution in [-0.2, 0) is 78.0 Å². The van der Waals surface area contributed by atoms with Crippen LogP contribution in [0.3, 0.4) is 0 Å². The Kier molecular flexibility index (Phi) is 96.0. The number of ketones is 1. The van der Waals surface area contributed by atoms with E-state index in [4.69, 9.17) is 43.2 Å². The number of ether oxygens (including phenoxy) is 8. The number of hydrogen-bond donors (Lipinski definition) is 15. The number of benzene rings is 1. The van der Waals surface area contributed by atoms with Crippen molar-refractivity contribution in [2.75, 3.05) is 74.4 Å². The Morgan fingerprint density at radius 3 is 1.37 bits per heavy atom. The van der Waals surface area contributed by atoms with E-state index in [1.807, 2.05) is 38.4 Å². The third kappa shape index (κ3) is 67.5. The number of nitrogens with two attached hydrogens (primary N) is 1. The molecular formula is C87H170N6O26. The second-order valence-corrected chi connectivity index (χ2v) is 27.5. The van der Waals surface area contributed by atoms with Crippen molar-refractivity contribution in [3.63, 3.8) is 0 Å². The highest BCUT2D eigenvalue weighted by Crippen LogP contribution is 2.30. The Balaban J connectivity index is -0.000000206. The molecule has 0 bridgehead atoms. The molecule has 1 aromatic carbocycles. The van der Waals surface area contributed by atoms with Crippen molar-refractivity contribution in [1.29, 1.82) is 0 Å². The van der Waals surface area contributed by atoms with E-state index in [1.54, 1.807) is 40.2 Å². The highest BCUT2D eigenvalue weighted by Gasteiger charge is 2.50. The molecule has 2 aromatic rings. The Hall–Kier alpha value is -5.67. The Labute approximate surface area is 714 Å². The number of carbonyl (C=O) groups is 6. The normalized spacial score (nSPS) is 23.7. The van der Waals surface area contributed by atoms with Crippen molar-refractivity contribution in [3.05, 3.63) is 66.4 Å². The summed E-state index contributed by atoms with van der Waals surface area (Å²) in [5.74, 6) is -0.922. The summed E-state index contributed by atoms with van der Waals surface area (Å²) in [6, 6.07) is 10.3. The molecular weight excluding hydrogens is 1540 g/mol. The molecule has 5 heterocycles. The van der Waals surface area contributed by atoms with Crippen molar-refractivity contribution in [2.24, 2.45) is 5.73 Å². The van der Waals surface area contributed by atoms with Crippen LogP contribution in [0.2, 0.25) is 0 Å². The van der Waals surface area contributed by atoms with Crippen LogP contribution in [0, 0.1) is 0 Å². The largest absolute Gasteiger partial charge is 0.464 e. The molecule has 4 amide bonds. The van der Waals surface area contributed by atoms with Crippen LogP contribution in [-0.4, -0.2) is 269 Å². The number of unbranched alkanes of at least 4 members (excludes halogenated alkanes) is 7. The van der Waals surface area contributed by atoms with E-state index in [-0.39, 0.29) is 35.5 Å². The number of allylic oxidation sites excluding steroid dienone is 4. The van der Waals surface area contributed by atoms with E-state index in [0.717, 1.165) is 37.9 Å². The first-order chi connectivity index (χ1) is 56.1. The van der Waals surface area contributed by atoms with E-state index in [0.29, 0.717) is 45.3 Å². The van der Waals surface area contributed by atoms with Gasteiger partial charge in [-0.05, 0) is 82.3 Å². The van der Waals surface area contributed by atoms with Gasteiger partial charge < -0.3 is 116 Å². The van der Waals surface area contributed by atoms with Crippen molar-refractivity contribution in [1.82, 2.24) is 26.3 Å². The van der Waals surface area contributed by atoms with Crippen molar-refractivity contribution in [3.8, 4) is 0 Å². The second-order valence-electron chi connectivity index (χ2n) is 27.5. The van der Waals surface area contributed by atoms with Gasteiger partial charge in [0.1, 0.15) is 67.1 Å². The van der Waals surface area contributed by atoms with Gasteiger partial charge in [-0.1, -0.05) is 238 Å². The number of nitrogens with one attached hydrogen (secondary N) is 4. The highest BCUT2D eigenvalue weighted by molar-refractivity contribution is 5.92. The van der Waals surface area contributed by atoms with E-state index in [9.17, 15) is 74.7 Å². The number of para-hydroxylation sites is 1. The SMILES string of the molecule is CC(=O)NCC(N)=O.CCC(=O)NCCCOC.CCCC.CCCC.CCCC.CCCC.CCCC.CCCC.CCCCNC.CC[C@H]1O[C@H](OCC2O[C@H](OC[C@H]3O[C@H](OO)[C@H](OC)[C@@H](O)[C@@H]3O)[C@H](O)[C@@H](O)[C@@H]2O)[C@H](O)[C@@H](O)[C@@H]1O.CC[C@]1(O)CCCOC1=O.CCc1ccnc2ccccc12.CNC(C)=O.O.O=C1C=CC=CC1. The molecule has 119 heavy (non-hydrogen) atoms. The van der Waals surface area contributed by atoms with Crippen LogP contribution in [0.15, 0.2) is 60.8 Å². The lowest BCUT2D eigenvalue weighted by Gasteiger charge is -2.44. The summed E-state index contributed by atoms with van der Waals surface area (Å²) >= 11 is 0. The Morgan fingerprint density at radius 2 is 1.04 bits per heavy atom. The maximum atomic E-state index is 10.9. The number of primary amides is 1. The van der Waals surface area contributed by atoms with Gasteiger partial charge in [0.25, 0.3) is 0 Å². The monoisotopic (exact) mass is 1720 g/mol. The average Bonchev–Trinajstić information content (AvgIpc) is 0.799. The Morgan fingerprint density at radius 1 is 0.580 bits per heavy atom. The fourth-order valence-electron chi connectivity index (χ4n) is 8.52. The van der Waals surface area contributed by atoms with E-state index >= 15 is 0 Å². The number of esters is 1. The molecule has 7 rings (SSSR count). The zero-order chi connectivity index (χ0) is 91.8. The lowest BCUT2D eigenvalue weighted by atomic mass is 9.93. The third-order valence-electron chi connectivity index (χ3n) is 17.3. The van der Waals surface area contributed by atoms with Crippen LogP contribution in [0.25, 0.3) is 10.9 Å². The molecule has 0 radical (unpaired) electrons. The van der Waals surface area contributed by atoms with Crippen LogP contribution >= 0.6 is 0 Å². The van der Waals surface area contributed by atoms with E-state index in [2.05, 4.69) is 158 Å². The molecule has 16 atom stereocenters. The number of aromatic nitrogens is 1. The topological polar surface area (TPSA) is 506 Å². The standard InChI is InChI=1S/C20H36O16.C11H11N.C7H15NO2.C7H12O3.C6H6O.C5H13N.C4H8N2O2.6C4H10.C3H7NO.H2O/c1-3-6-9(21)12(24)15(27)18(33-6)31-4-7-10(22)13(25)16(28)19(34-7)32-5-8-11(23)14(26)17(30-2)20(35-8)36-29;1-2-9-7-8-12-11-6-4-3-5-10(9)11;1-3-7(9)8-5-4-6-10-2;1-2-7(9)4-3-5-10-6(7)8;7-6-4-2-1-3-5-6;1-3-4-5-6-2;1-3(7)6-2-4(5)8;6*1-3-4-2;1-3(5)4-2;/h6-29H,3-5H2,1-2H3;3-8H,2H2,1H3;3-6H2,1-2H3,(H,8,9);9H,2-5H2,1H3;1-4H,5H2;6H,3-5H2,1-2H3;2H2,1H3,(H2,5,8)(H,6,7);6*3-4H2,1-2H3;1-2H3,(H,4,5);1H2/t6-,7?,8-,9-,10-,11-,12+,13+,14+,15-,16-,17-,18+,19+,20-;;;7-;;;;;;;;;;;/m1..0.........../s1. The maximum Gasteiger partial charge on any atom is 0.338 e. The fraction of sp³-hybridized carbons (Fsp3) is 0.782. The molecule has 4 fully saturated rings. The van der Waals surface area contributed by atoms with Gasteiger partial charge in [-0.25, -0.2) is 14.9 Å². The molecule has 4 aliphatic heterocycles. The first-order valence-electron chi connectivity index (χ1n) is 42.8. The quantitative estimate of drug-likeness (QED) is 0.0171. The third-order valence-corrected chi connectivity index (χ3v) is 17.3. The van der Waals surface area contributed by atoms with Gasteiger partial charge in [-0.2, -0.15) is 0 Å². The number of aryl methyl sites for hydroxylation is 1. The number of amides is 4. The van der Waals surface area contributed by atoms with Gasteiger partial charge in [0.05, 0.1) is 38.0 Å². The second kappa shape index (κ2) is 88.6. The van der Waals surface area contributed by atoms with E-state index in [1.165, 1.54) is 122 Å². The smallest absolute Gasteiger partial charge is 0.338 e. The number of rotatable bonds is 27. The van der Waals surface area contributed by atoms with Gasteiger partial charge in [0.2, 0.25) is 29.9 Å². The maximum absolute atomic E-state index is 10.9. The lowest BCUT2D eigenvalue weighted by molar-refractivity contribution is -0.410. The first kappa shape index (κ1) is 129. The van der Waals surface area contributed by atoms with Gasteiger partial charge >= 0.3 is 5.97 Å². The molecule has 4 saturated heterocycles. The molecule has 1 aliphatic carbocycles. The lowest BCUT2D eigenvalue weighted by Crippen LogP contribution is -2.62. The van der Waals surface area contributed by atoms with Gasteiger partial charge in [-0.15, -0.1) is 0 Å². The van der Waals surface area contributed by atoms with Gasteiger partial charge in [-0.3, -0.25) is 29.0 Å². The van der Waals surface area contributed by atoms with Crippen molar-refractivity contribution in [2.45, 2.75) is 371 Å². The molecule has 32 heteroatoms. The minimum absolute atomic E-state index is 0. The molecule has 0 spiro atoms. The summed E-state index contributed by atoms with van der Waals surface area (Å²) in [4.78, 5) is 69.9. The highest BCUT2D eigenvalue weighted by atomic mass is 17.1. The summed E-state index contributed by atoms with van der Waals surface area (Å²) in [7, 11) is 6.44. The zero-order valence-corrected chi connectivity index (χ0v) is 77.1. The number of aliphatic hydroxyl groups excluding tert-OH is 8. The molecule has 1 aromatic heterocycles. The predicted molar refractivity (Wildman–Crippen MR) is 469 cm³/mol. The van der Waals surface area contributed by atoms with Crippen LogP contribution in [0.1, 0.15) is 272 Å². The Bertz CT molecular complexity index is 2640. The predicted octanol–water partition coefficient (Wildman–Crippen LogP) is 9.26. The molecule has 32 nitrogen and oxygen atoms in total. The van der Waals surface area contributed by atoms with Crippen LogP contribution in [0.4, 0.5) is 0 Å². The molecule has 18 N–H and O–H groups in total. The van der Waals surface area contributed by atoms with Crippen LogP contribution in [0.5, 0.6) is 0 Å². The van der Waals surface area contributed by atoms with Crippen molar-refractivity contribution >= 4 is 46.3 Å². The van der Waals surface area contributed by atoms with Gasteiger partial charge in [0, 0.05) is 72.7 Å². The molecule has 704 valence electrons. The minimum atomic E-state index is -1.75. The number of carbonyl (C=O) groups excluding carboxylic acids is 6. The van der Waals surface area contributed by atoms with Crippen molar-refractivity contribution < 1.29 is 128 Å². The minimum Gasteiger partial charge on any atom is -0.464 e. The van der Waals surface area contributed by atoms with Crippen LogP contribution < -0.4 is 27.0 Å². The summed E-state index contributed by atoms with van der Waals surface area (Å²) in [5.41, 5.74) is 5.97. The number of cyclic esters (lactones) is 1. The van der Waals surface area contributed by atoms with Gasteiger partial charge in [0.15, 0.2) is 24.0 Å². The number of nitrogens with zero attached hydrogens (tertiary/aromatic N) is 1. The summed E-state index contributed by atoms with van der Waals surface area (Å²) < 4.78 is 41.5. The number of methoxy groups -OCH3 is 2. The molecule has 0 saturated carbocycles. The number of aliphatic hydroxyl groups is 9. The average molecular weight is 1720 g/mol. The summed E-state index contributed by atoms with van der Waals surface area (Å²) in [6.07, 6.45) is 10.8. The molecule has 1 unspecified atom stereocenters. The first-order valence-corrected chi connectivity index (χ1v) is 42.8. The summed E-state index contributed by atoms with van der Waals surface area (Å²) in [6.45, 7) is 40.6. The number of pyridine rings is 1. The number of fused-ring (bicyclic) bond motifs is 1. The zero-order valence-electron chi connectivity index (χ0n) is 77.1. The number of hydrogen-bond acceptors (Lipinski definition) is 27.